The summed E-state index contributed by atoms with van der Waals surface area (Å²) in [6, 6.07) is 20.8. The van der Waals surface area contributed by atoms with E-state index < -0.39 is 29.7 Å². The van der Waals surface area contributed by atoms with Gasteiger partial charge in [0, 0.05) is 61.5 Å². The molecule has 4 heterocycles. The lowest BCUT2D eigenvalue weighted by Gasteiger charge is -2.34. The Morgan fingerprint density at radius 2 is 1.76 bits per heavy atom. The van der Waals surface area contributed by atoms with E-state index in [-0.39, 0.29) is 24.0 Å². The zero-order valence-electron chi connectivity index (χ0n) is 27.0. The van der Waals surface area contributed by atoms with E-state index in [1.807, 2.05) is 30.5 Å². The molecule has 0 aliphatic carbocycles. The molecule has 0 spiro atoms. The van der Waals surface area contributed by atoms with Crippen molar-refractivity contribution in [2.45, 2.75) is 44.2 Å². The van der Waals surface area contributed by atoms with E-state index in [4.69, 9.17) is 10.4 Å². The second-order valence-electron chi connectivity index (χ2n) is 12.7. The van der Waals surface area contributed by atoms with Crippen molar-refractivity contribution in [1.82, 2.24) is 15.5 Å². The molecule has 3 aromatic carbocycles. The molecule has 2 saturated heterocycles. The van der Waals surface area contributed by atoms with Crippen LogP contribution in [0.3, 0.4) is 0 Å². The maximum atomic E-state index is 13.2. The van der Waals surface area contributed by atoms with Crippen LogP contribution in [0.2, 0.25) is 0 Å². The van der Waals surface area contributed by atoms with Crippen molar-refractivity contribution >= 4 is 58.3 Å². The lowest BCUT2D eigenvalue weighted by molar-refractivity contribution is -0.136. The number of amides is 4. The number of carbonyl (C=O) groups is 4. The number of nitrogens with zero attached hydrogens (tertiary/aromatic N) is 3. The summed E-state index contributed by atoms with van der Waals surface area (Å²) in [6.45, 7) is 3.05. The van der Waals surface area contributed by atoms with Gasteiger partial charge in [-0.2, -0.15) is 0 Å². The largest absolute Gasteiger partial charge is 0.387 e. The van der Waals surface area contributed by atoms with Gasteiger partial charge in [0.2, 0.25) is 11.8 Å². The average molecular weight is 659 g/mol. The van der Waals surface area contributed by atoms with Crippen molar-refractivity contribution in [3.8, 4) is 0 Å². The van der Waals surface area contributed by atoms with Crippen molar-refractivity contribution in [3.05, 3.63) is 95.2 Å². The number of piperidine rings is 2. The summed E-state index contributed by atoms with van der Waals surface area (Å²) in [6.07, 6.45) is 6.22. The summed E-state index contributed by atoms with van der Waals surface area (Å²) in [5, 5.41) is 20.5. The first-order valence-corrected chi connectivity index (χ1v) is 16.7. The maximum absolute atomic E-state index is 13.2. The molecule has 49 heavy (non-hydrogen) atoms. The number of hydrogen-bond acceptors (Lipinski definition) is 10. The molecular weight excluding hydrogens is 620 g/mol. The van der Waals surface area contributed by atoms with Crippen molar-refractivity contribution in [2.24, 2.45) is 4.99 Å². The number of benzene rings is 3. The van der Waals surface area contributed by atoms with E-state index in [0.717, 1.165) is 59.9 Å². The maximum Gasteiger partial charge on any atom is 0.262 e. The third-order valence-corrected chi connectivity index (χ3v) is 9.52. The van der Waals surface area contributed by atoms with Gasteiger partial charge in [-0.25, -0.2) is 4.99 Å². The van der Waals surface area contributed by atoms with Crippen LogP contribution >= 0.6 is 0 Å². The van der Waals surface area contributed by atoms with Gasteiger partial charge in [-0.3, -0.25) is 29.4 Å². The molecule has 4 aliphatic rings. The molecule has 2 fully saturated rings. The summed E-state index contributed by atoms with van der Waals surface area (Å²) in [5.74, 6) is -2.04. The van der Waals surface area contributed by atoms with E-state index in [1.165, 1.54) is 17.5 Å². The Morgan fingerprint density at radius 1 is 0.939 bits per heavy atom. The minimum atomic E-state index is -0.980. The minimum absolute atomic E-state index is 0.0868. The number of rotatable bonds is 10. The molecular formula is C37H38N8O4. The first-order chi connectivity index (χ1) is 23.9. The van der Waals surface area contributed by atoms with E-state index in [2.05, 4.69) is 50.4 Å². The quantitative estimate of drug-likeness (QED) is 0.161. The fourth-order valence-electron chi connectivity index (χ4n) is 6.81. The summed E-state index contributed by atoms with van der Waals surface area (Å²) >= 11 is 0. The van der Waals surface area contributed by atoms with Gasteiger partial charge >= 0.3 is 0 Å². The topological polar surface area (TPSA) is 159 Å². The molecule has 1 unspecified atom stereocenters. The Hall–Kier alpha value is -5.78. The number of anilines is 3. The van der Waals surface area contributed by atoms with Gasteiger partial charge in [0.15, 0.2) is 0 Å². The van der Waals surface area contributed by atoms with Gasteiger partial charge in [0.25, 0.3) is 11.8 Å². The second kappa shape index (κ2) is 13.8. The van der Waals surface area contributed by atoms with Gasteiger partial charge < -0.3 is 26.3 Å². The number of nitrogens with one attached hydrogen (secondary N) is 5. The van der Waals surface area contributed by atoms with Gasteiger partial charge in [0.1, 0.15) is 6.04 Å². The number of carbonyl (C=O) groups excluding carboxylic acids is 4. The smallest absolute Gasteiger partial charge is 0.262 e. The van der Waals surface area contributed by atoms with Gasteiger partial charge in [-0.05, 0) is 73.7 Å². The normalized spacial score (nSPS) is 19.5. The Kier molecular flexibility index (Phi) is 8.93. The summed E-state index contributed by atoms with van der Waals surface area (Å²) in [4.78, 5) is 58.2. The van der Waals surface area contributed by atoms with Crippen LogP contribution in [0.5, 0.6) is 0 Å². The fourth-order valence-corrected chi connectivity index (χ4v) is 6.81. The van der Waals surface area contributed by atoms with Crippen molar-refractivity contribution in [3.63, 3.8) is 0 Å². The molecule has 250 valence electrons. The monoisotopic (exact) mass is 658 g/mol. The van der Waals surface area contributed by atoms with Crippen LogP contribution in [0.1, 0.15) is 52.0 Å². The summed E-state index contributed by atoms with van der Waals surface area (Å²) in [5.41, 5.74) is 7.13. The number of para-hydroxylation sites is 2. The molecule has 4 aliphatic heterocycles. The zero-order valence-corrected chi connectivity index (χ0v) is 27.0. The highest BCUT2D eigenvalue weighted by molar-refractivity contribution is 6.24. The number of imide groups is 2. The zero-order chi connectivity index (χ0) is 33.9. The number of aliphatic imine (C=N–C) groups is 1. The first-order valence-electron chi connectivity index (χ1n) is 16.7. The minimum Gasteiger partial charge on any atom is -0.387 e. The van der Waals surface area contributed by atoms with Crippen molar-refractivity contribution in [2.75, 3.05) is 41.7 Å². The van der Waals surface area contributed by atoms with Crippen LogP contribution in [-0.4, -0.2) is 78.7 Å². The standard InChI is InChI=1S/C37H38N8O4/c38-20-24(32-22-41-30-6-1-2-7-31(30)42-32)21-40-25-13-16-44(17-14-25)27-5-3-4-23(18-27)12-15-39-26-8-9-28-29(19-26)37(49)45(36(28)48)33-10-11-34(46)43-35(33)47/h1-9,18-21,25,33,38-41H,10-17,22H2,(H,43,46,47)/b24-21+,38-20?. The number of fused-ring (bicyclic) bond motifs is 2. The highest BCUT2D eigenvalue weighted by Crippen LogP contribution is 2.30. The third-order valence-electron chi connectivity index (χ3n) is 9.52. The molecule has 0 aromatic heterocycles. The molecule has 3 aromatic rings. The van der Waals surface area contributed by atoms with Gasteiger partial charge in [-0.15, -0.1) is 0 Å². The Balaban J connectivity index is 0.906. The molecule has 4 amide bonds. The Labute approximate surface area is 284 Å². The summed E-state index contributed by atoms with van der Waals surface area (Å²) < 4.78 is 0. The van der Waals surface area contributed by atoms with Crippen LogP contribution in [0.4, 0.5) is 22.7 Å². The molecule has 12 heteroatoms. The molecule has 12 nitrogen and oxygen atoms in total. The Bertz CT molecular complexity index is 1890. The van der Waals surface area contributed by atoms with E-state index >= 15 is 0 Å². The van der Waals surface area contributed by atoms with Crippen molar-refractivity contribution in [1.29, 1.82) is 5.41 Å². The summed E-state index contributed by atoms with van der Waals surface area (Å²) in [7, 11) is 0. The van der Waals surface area contributed by atoms with E-state index in [0.29, 0.717) is 24.8 Å². The predicted octanol–water partition coefficient (Wildman–Crippen LogP) is 4.03. The average Bonchev–Trinajstić information content (AvgIpc) is 3.37. The molecule has 5 N–H and O–H groups in total. The SMILES string of the molecule is N=C/C(=C\NC1CCN(c2cccc(CCNc3ccc4c(c3)C(=O)N(C3CCC(=O)NC3=O)C4=O)c2)CC1)C1=Nc2ccccc2NC1. The van der Waals surface area contributed by atoms with Crippen LogP contribution in [0.15, 0.2) is 83.5 Å². The van der Waals surface area contributed by atoms with E-state index in [1.54, 1.807) is 18.2 Å². The highest BCUT2D eigenvalue weighted by Gasteiger charge is 2.44. The highest BCUT2D eigenvalue weighted by atomic mass is 16.2. The third kappa shape index (κ3) is 6.67. The van der Waals surface area contributed by atoms with Crippen molar-refractivity contribution < 1.29 is 19.2 Å². The van der Waals surface area contributed by atoms with E-state index in [9.17, 15) is 19.2 Å². The lowest BCUT2D eigenvalue weighted by atomic mass is 10.0. The van der Waals surface area contributed by atoms with Crippen LogP contribution in [0.25, 0.3) is 0 Å². The van der Waals surface area contributed by atoms with Gasteiger partial charge in [-0.1, -0.05) is 24.3 Å². The Morgan fingerprint density at radius 3 is 2.57 bits per heavy atom. The fraction of sp³-hybridized carbons (Fsp3) is 0.297. The molecule has 0 bridgehead atoms. The molecule has 1 atom stereocenters. The van der Waals surface area contributed by atoms with Crippen LogP contribution in [0, 0.1) is 5.41 Å². The molecule has 0 saturated carbocycles. The first kappa shape index (κ1) is 31.8. The van der Waals surface area contributed by atoms with Gasteiger partial charge in [0.05, 0.1) is 34.8 Å². The predicted molar refractivity (Wildman–Crippen MR) is 189 cm³/mol. The second-order valence-corrected chi connectivity index (χ2v) is 12.7. The number of hydrogen-bond donors (Lipinski definition) is 5. The lowest BCUT2D eigenvalue weighted by Crippen LogP contribution is -2.54. The van der Waals surface area contributed by atoms with Crippen LogP contribution in [-0.2, 0) is 16.0 Å². The molecule has 0 radical (unpaired) electrons. The molecule has 7 rings (SSSR count). The van der Waals surface area contributed by atoms with Crippen LogP contribution < -0.4 is 26.2 Å².